The molecule has 1 fully saturated rings. The number of hydrogen-bond donors (Lipinski definition) is 2. The third kappa shape index (κ3) is 4.00. The van der Waals surface area contributed by atoms with Crippen molar-refractivity contribution in [2.24, 2.45) is 0 Å². The van der Waals surface area contributed by atoms with Gasteiger partial charge in [-0.3, -0.25) is 4.98 Å². The van der Waals surface area contributed by atoms with E-state index < -0.39 is 23.1 Å². The summed E-state index contributed by atoms with van der Waals surface area (Å²) in [4.78, 5) is 7.93. The van der Waals surface area contributed by atoms with Crippen LogP contribution in [-0.2, 0) is 11.6 Å². The minimum absolute atomic E-state index is 0.199. The molecule has 1 atom stereocenters. The first-order chi connectivity index (χ1) is 13.8. The van der Waals surface area contributed by atoms with E-state index in [4.69, 9.17) is 11.6 Å². The molecule has 4 nitrogen and oxygen atoms in total. The molecule has 1 aliphatic heterocycles. The summed E-state index contributed by atoms with van der Waals surface area (Å²) in [5.74, 6) is -0.438. The van der Waals surface area contributed by atoms with Crippen molar-refractivity contribution >= 4 is 28.2 Å². The van der Waals surface area contributed by atoms with Gasteiger partial charge >= 0.3 is 6.18 Å². The van der Waals surface area contributed by atoms with E-state index in [1.807, 2.05) is 0 Å². The number of fused-ring (bicyclic) bond motifs is 1. The summed E-state index contributed by atoms with van der Waals surface area (Å²) in [6.07, 6.45) is -2.71. The molecule has 0 radical (unpaired) electrons. The van der Waals surface area contributed by atoms with Crippen molar-refractivity contribution in [3.8, 4) is 0 Å². The van der Waals surface area contributed by atoms with Crippen molar-refractivity contribution in [3.63, 3.8) is 0 Å². The van der Waals surface area contributed by atoms with Gasteiger partial charge in [0.05, 0.1) is 11.7 Å². The van der Waals surface area contributed by atoms with Crippen LogP contribution < -0.4 is 10.6 Å². The zero-order chi connectivity index (χ0) is 20.6. The Hall–Kier alpha value is -2.45. The molecule has 152 valence electrons. The van der Waals surface area contributed by atoms with Crippen LogP contribution in [0, 0.1) is 5.82 Å². The van der Waals surface area contributed by atoms with Crippen molar-refractivity contribution < 1.29 is 17.6 Å². The molecule has 0 amide bonds. The number of nitrogens with one attached hydrogen (secondary N) is 2. The standard InChI is InChI=1S/C20H17ClF4N4/c21-12-1-3-15-14(7-12)16(8-18(29-15)20(23,24)25)28-11-19(5-6-26-10-19)17-4-2-13(22)9-27-17/h1-4,7-9,26H,5-6,10-11H2,(H,28,29). The van der Waals surface area contributed by atoms with Crippen molar-refractivity contribution in [2.45, 2.75) is 18.0 Å². The predicted octanol–water partition coefficient (Wildman–Crippen LogP) is 4.78. The second-order valence-electron chi connectivity index (χ2n) is 7.14. The molecule has 4 rings (SSSR count). The molecule has 1 saturated heterocycles. The van der Waals surface area contributed by atoms with Gasteiger partial charge < -0.3 is 10.6 Å². The van der Waals surface area contributed by atoms with Crippen LogP contribution in [0.5, 0.6) is 0 Å². The predicted molar refractivity (Wildman–Crippen MR) is 104 cm³/mol. The zero-order valence-electron chi connectivity index (χ0n) is 15.2. The first kappa shape index (κ1) is 19.8. The second-order valence-corrected chi connectivity index (χ2v) is 7.57. The van der Waals surface area contributed by atoms with Crippen LogP contribution >= 0.6 is 11.6 Å². The number of alkyl halides is 3. The molecular weight excluding hydrogens is 408 g/mol. The maximum absolute atomic E-state index is 13.3. The lowest BCUT2D eigenvalue weighted by Crippen LogP contribution is -2.37. The Morgan fingerprint density at radius 3 is 2.66 bits per heavy atom. The third-order valence-electron chi connectivity index (χ3n) is 5.19. The molecule has 9 heteroatoms. The van der Waals surface area contributed by atoms with Crippen molar-refractivity contribution in [1.82, 2.24) is 15.3 Å². The summed E-state index contributed by atoms with van der Waals surface area (Å²) < 4.78 is 53.3. The highest BCUT2D eigenvalue weighted by Crippen LogP contribution is 2.36. The number of aromatic nitrogens is 2. The Labute approximate surface area is 169 Å². The van der Waals surface area contributed by atoms with Crippen LogP contribution in [0.1, 0.15) is 17.8 Å². The van der Waals surface area contributed by atoms with E-state index in [0.29, 0.717) is 41.3 Å². The van der Waals surface area contributed by atoms with E-state index in [2.05, 4.69) is 20.6 Å². The lowest BCUT2D eigenvalue weighted by Gasteiger charge is -2.29. The quantitative estimate of drug-likeness (QED) is 0.591. The SMILES string of the molecule is Fc1ccc(C2(CNc3cc(C(F)(F)F)nc4ccc(Cl)cc34)CCNC2)nc1. The molecule has 0 aliphatic carbocycles. The van der Waals surface area contributed by atoms with Gasteiger partial charge in [-0.05, 0) is 49.4 Å². The number of benzene rings is 1. The number of pyridine rings is 2. The highest BCUT2D eigenvalue weighted by molar-refractivity contribution is 6.31. The molecule has 0 bridgehead atoms. The van der Waals surface area contributed by atoms with E-state index >= 15 is 0 Å². The van der Waals surface area contributed by atoms with E-state index in [9.17, 15) is 17.6 Å². The number of anilines is 1. The molecule has 3 aromatic rings. The molecule has 29 heavy (non-hydrogen) atoms. The van der Waals surface area contributed by atoms with Crippen LogP contribution in [0.25, 0.3) is 10.9 Å². The van der Waals surface area contributed by atoms with Gasteiger partial charge in [-0.25, -0.2) is 9.37 Å². The molecule has 2 N–H and O–H groups in total. The average molecular weight is 425 g/mol. The zero-order valence-corrected chi connectivity index (χ0v) is 15.9. The lowest BCUT2D eigenvalue weighted by molar-refractivity contribution is -0.140. The largest absolute Gasteiger partial charge is 0.433 e. The van der Waals surface area contributed by atoms with Crippen molar-refractivity contribution in [3.05, 3.63) is 64.8 Å². The fraction of sp³-hybridized carbons (Fsp3) is 0.300. The van der Waals surface area contributed by atoms with E-state index in [1.165, 1.54) is 18.2 Å². The van der Waals surface area contributed by atoms with Crippen molar-refractivity contribution in [2.75, 3.05) is 25.0 Å². The summed E-state index contributed by atoms with van der Waals surface area (Å²) in [6.45, 7) is 1.63. The first-order valence-corrected chi connectivity index (χ1v) is 9.39. The Morgan fingerprint density at radius 2 is 2.00 bits per heavy atom. The van der Waals surface area contributed by atoms with E-state index in [0.717, 1.165) is 18.8 Å². The molecule has 1 unspecified atom stereocenters. The monoisotopic (exact) mass is 424 g/mol. The minimum Gasteiger partial charge on any atom is -0.383 e. The fourth-order valence-electron chi connectivity index (χ4n) is 3.65. The van der Waals surface area contributed by atoms with E-state index in [-0.39, 0.29) is 5.52 Å². The molecule has 0 saturated carbocycles. The van der Waals surface area contributed by atoms with Gasteiger partial charge in [-0.15, -0.1) is 0 Å². The van der Waals surface area contributed by atoms with Gasteiger partial charge in [0.15, 0.2) is 0 Å². The maximum Gasteiger partial charge on any atom is 0.433 e. The Bertz CT molecular complexity index is 1030. The van der Waals surface area contributed by atoms with Gasteiger partial charge in [0.1, 0.15) is 11.5 Å². The summed E-state index contributed by atoms with van der Waals surface area (Å²) >= 11 is 6.05. The van der Waals surface area contributed by atoms with Gasteiger partial charge in [-0.2, -0.15) is 13.2 Å². The first-order valence-electron chi connectivity index (χ1n) is 9.01. The fourth-order valence-corrected chi connectivity index (χ4v) is 3.82. The highest BCUT2D eigenvalue weighted by Gasteiger charge is 2.38. The molecule has 1 aromatic carbocycles. The van der Waals surface area contributed by atoms with Gasteiger partial charge in [0.25, 0.3) is 0 Å². The highest BCUT2D eigenvalue weighted by atomic mass is 35.5. The Morgan fingerprint density at radius 1 is 1.17 bits per heavy atom. The summed E-state index contributed by atoms with van der Waals surface area (Å²) in [7, 11) is 0. The van der Waals surface area contributed by atoms with Crippen LogP contribution in [-0.4, -0.2) is 29.6 Å². The number of halogens is 5. The maximum atomic E-state index is 13.3. The average Bonchev–Trinajstić information content (AvgIpc) is 3.16. The summed E-state index contributed by atoms with van der Waals surface area (Å²) in [5.41, 5.74) is -0.277. The van der Waals surface area contributed by atoms with Crippen molar-refractivity contribution in [1.29, 1.82) is 0 Å². The van der Waals surface area contributed by atoms with Crippen LogP contribution in [0.2, 0.25) is 5.02 Å². The van der Waals surface area contributed by atoms with Gasteiger partial charge in [0, 0.05) is 40.3 Å². The summed E-state index contributed by atoms with van der Waals surface area (Å²) in [5, 5.41) is 7.31. The van der Waals surface area contributed by atoms with Crippen LogP contribution in [0.3, 0.4) is 0 Å². The van der Waals surface area contributed by atoms with E-state index in [1.54, 1.807) is 12.1 Å². The molecule has 2 aromatic heterocycles. The minimum atomic E-state index is -4.57. The smallest absolute Gasteiger partial charge is 0.383 e. The summed E-state index contributed by atoms with van der Waals surface area (Å²) in [6, 6.07) is 8.51. The van der Waals surface area contributed by atoms with Crippen LogP contribution in [0.4, 0.5) is 23.2 Å². The molecule has 3 heterocycles. The Kier molecular flexibility index (Phi) is 5.08. The number of nitrogens with zero attached hydrogens (tertiary/aromatic N) is 2. The molecular formula is C20H17ClF4N4. The lowest BCUT2D eigenvalue weighted by atomic mass is 9.83. The normalized spacial score (nSPS) is 19.6. The third-order valence-corrected chi connectivity index (χ3v) is 5.43. The van der Waals surface area contributed by atoms with Crippen LogP contribution in [0.15, 0.2) is 42.6 Å². The molecule has 0 spiro atoms. The number of hydrogen-bond acceptors (Lipinski definition) is 4. The number of rotatable bonds is 4. The van der Waals surface area contributed by atoms with Gasteiger partial charge in [0.2, 0.25) is 0 Å². The Balaban J connectivity index is 1.72. The van der Waals surface area contributed by atoms with Gasteiger partial charge in [-0.1, -0.05) is 11.6 Å². The second kappa shape index (κ2) is 7.42. The topological polar surface area (TPSA) is 49.8 Å². The molecule has 1 aliphatic rings.